The molecule has 0 radical (unpaired) electrons. The molecule has 0 aromatic heterocycles. The Morgan fingerprint density at radius 1 is 0.722 bits per heavy atom. The molecule has 54 heavy (non-hydrogen) atoms. The Morgan fingerprint density at radius 3 is 1.78 bits per heavy atom. The number of nitrogens with one attached hydrogen (secondary N) is 4. The molecule has 2 aromatic rings. The lowest BCUT2D eigenvalue weighted by Gasteiger charge is -2.32. The van der Waals surface area contributed by atoms with E-state index in [0.29, 0.717) is 58.4 Å². The molecule has 3 rings (SSSR count). The molecule has 0 spiro atoms. The van der Waals surface area contributed by atoms with Crippen molar-refractivity contribution in [2.45, 2.75) is 110 Å². The Morgan fingerprint density at radius 2 is 1.22 bits per heavy atom. The number of nitrogens with zero attached hydrogens (tertiary/aromatic N) is 1. The maximum absolute atomic E-state index is 14.2. The summed E-state index contributed by atoms with van der Waals surface area (Å²) in [6, 6.07) is 15.2. The maximum atomic E-state index is 14.2. The van der Waals surface area contributed by atoms with Gasteiger partial charge in [0.25, 0.3) is 0 Å². The number of ketones is 1. The molecule has 0 aliphatic carbocycles. The summed E-state index contributed by atoms with van der Waals surface area (Å²) in [5.74, 6) is -1.94. The van der Waals surface area contributed by atoms with Crippen LogP contribution in [0.15, 0.2) is 60.7 Å². The van der Waals surface area contributed by atoms with Crippen LogP contribution < -0.4 is 21.3 Å². The first-order valence-corrected chi connectivity index (χ1v) is 19.4. The molecule has 1 aliphatic rings. The highest BCUT2D eigenvalue weighted by atomic mass is 16.5. The number of hydrogen-bond donors (Lipinski definition) is 4. The minimum atomic E-state index is -1.09. The molecule has 12 heteroatoms. The molecule has 12 nitrogen and oxygen atoms in total. The van der Waals surface area contributed by atoms with Crippen LogP contribution in [0.3, 0.4) is 0 Å². The summed E-state index contributed by atoms with van der Waals surface area (Å²) in [4.78, 5) is 71.2. The lowest BCUT2D eigenvalue weighted by atomic mass is 9.87. The number of rotatable bonds is 22. The van der Waals surface area contributed by atoms with Gasteiger partial charge in [0.05, 0.1) is 25.8 Å². The van der Waals surface area contributed by atoms with Crippen LogP contribution in [-0.2, 0) is 46.3 Å². The highest BCUT2D eigenvalue weighted by Crippen LogP contribution is 2.21. The fourth-order valence-corrected chi connectivity index (χ4v) is 6.50. The van der Waals surface area contributed by atoms with Crippen molar-refractivity contribution >= 4 is 29.4 Å². The van der Waals surface area contributed by atoms with E-state index in [0.717, 1.165) is 11.1 Å². The number of carbonyl (C=O) groups excluding carboxylic acids is 5. The lowest BCUT2D eigenvalue weighted by Crippen LogP contribution is -2.60. The predicted molar refractivity (Wildman–Crippen MR) is 210 cm³/mol. The van der Waals surface area contributed by atoms with E-state index in [1.54, 1.807) is 6.92 Å². The average Bonchev–Trinajstić information content (AvgIpc) is 3.15. The molecule has 0 saturated carbocycles. The number of ether oxygens (including phenoxy) is 2. The summed E-state index contributed by atoms with van der Waals surface area (Å²) >= 11 is 0. The second kappa shape index (κ2) is 22.3. The second-order valence-electron chi connectivity index (χ2n) is 15.3. The van der Waals surface area contributed by atoms with Gasteiger partial charge < -0.3 is 30.7 Å². The van der Waals surface area contributed by atoms with Crippen LogP contribution in [0, 0.1) is 11.8 Å². The Bertz CT molecular complexity index is 1480. The molecule has 5 atom stereocenters. The van der Waals surface area contributed by atoms with Crippen LogP contribution in [0.1, 0.15) is 78.4 Å². The molecule has 4 amide bonds. The van der Waals surface area contributed by atoms with Crippen LogP contribution in [0.4, 0.5) is 0 Å². The van der Waals surface area contributed by atoms with E-state index in [2.05, 4.69) is 21.3 Å². The first-order chi connectivity index (χ1) is 25.7. The number of hydrogen-bond acceptors (Lipinski definition) is 8. The molecular weight excluding hydrogens is 686 g/mol. The van der Waals surface area contributed by atoms with E-state index in [4.69, 9.17) is 9.47 Å². The van der Waals surface area contributed by atoms with E-state index >= 15 is 0 Å². The van der Waals surface area contributed by atoms with Gasteiger partial charge in [-0.2, -0.15) is 0 Å². The summed E-state index contributed by atoms with van der Waals surface area (Å²) in [5, 5.41) is 11.7. The van der Waals surface area contributed by atoms with Crippen molar-refractivity contribution in [3.05, 3.63) is 71.8 Å². The van der Waals surface area contributed by atoms with E-state index in [1.807, 2.05) is 100 Å². The first kappa shape index (κ1) is 44.3. The number of benzene rings is 2. The van der Waals surface area contributed by atoms with Crippen molar-refractivity contribution < 1.29 is 33.4 Å². The van der Waals surface area contributed by atoms with Crippen molar-refractivity contribution in [2.24, 2.45) is 11.8 Å². The highest BCUT2D eigenvalue weighted by Gasteiger charge is 2.39. The first-order valence-electron chi connectivity index (χ1n) is 19.4. The number of Topliss-reactive ketones (excluding diaryl/α,β-unsaturated/α-hetero) is 1. The normalized spacial score (nSPS) is 16.8. The quantitative estimate of drug-likeness (QED) is 0.142. The topological polar surface area (TPSA) is 155 Å². The Hall–Kier alpha value is -4.13. The van der Waals surface area contributed by atoms with E-state index < -0.39 is 47.5 Å². The third-order valence-corrected chi connectivity index (χ3v) is 9.93. The maximum Gasteiger partial charge on any atom is 0.243 e. The molecule has 298 valence electrons. The van der Waals surface area contributed by atoms with Gasteiger partial charge in [-0.15, -0.1) is 0 Å². The van der Waals surface area contributed by atoms with Crippen LogP contribution >= 0.6 is 0 Å². The average molecular weight is 750 g/mol. The van der Waals surface area contributed by atoms with Crippen LogP contribution in [0.5, 0.6) is 0 Å². The fourth-order valence-electron chi connectivity index (χ4n) is 6.50. The largest absolute Gasteiger partial charge is 0.379 e. The third-order valence-electron chi connectivity index (χ3n) is 9.93. The molecule has 1 heterocycles. The fraction of sp³-hybridized carbons (Fsp3) is 0.595. The molecule has 2 aromatic carbocycles. The number of aryl methyl sites for hydroxylation is 1. The van der Waals surface area contributed by atoms with Crippen molar-refractivity contribution in [3.63, 3.8) is 0 Å². The van der Waals surface area contributed by atoms with Crippen molar-refractivity contribution in [3.8, 4) is 0 Å². The zero-order valence-electron chi connectivity index (χ0n) is 33.3. The van der Waals surface area contributed by atoms with Gasteiger partial charge in [0.2, 0.25) is 23.6 Å². The molecule has 1 saturated heterocycles. The number of carbonyl (C=O) groups is 5. The Labute approximate surface area is 321 Å². The van der Waals surface area contributed by atoms with Crippen molar-refractivity contribution in [2.75, 3.05) is 40.0 Å². The van der Waals surface area contributed by atoms with E-state index in [1.165, 1.54) is 7.11 Å². The lowest BCUT2D eigenvalue weighted by molar-refractivity contribution is -0.144. The van der Waals surface area contributed by atoms with Crippen LogP contribution in [0.25, 0.3) is 0 Å². The summed E-state index contributed by atoms with van der Waals surface area (Å²) in [7, 11) is 1.49. The second-order valence-corrected chi connectivity index (χ2v) is 15.3. The van der Waals surface area contributed by atoms with Gasteiger partial charge in [0.15, 0.2) is 5.78 Å². The minimum Gasteiger partial charge on any atom is -0.379 e. The standard InChI is InChI=1S/C42H63N5O7/c1-8-42(6,53-7)38(49)34(25-29(2)3)44-41(52)36(27-32-17-13-10-14-18-32)46-40(51)35(26-30(4)5)45-39(50)33(20-19-31-15-11-9-12-16-31)43-37(48)28-47-21-23-54-24-22-47/h9-18,29-30,33-36H,8,19-28H2,1-7H3,(H,43,48)(H,44,52)(H,45,50)(H,46,51)/t33-,34-,35-,36-,42?/m0/s1. The molecule has 1 unspecified atom stereocenters. The summed E-state index contributed by atoms with van der Waals surface area (Å²) in [5.41, 5.74) is 0.739. The zero-order valence-corrected chi connectivity index (χ0v) is 33.3. The Balaban J connectivity index is 1.85. The van der Waals surface area contributed by atoms with Crippen molar-refractivity contribution in [1.82, 2.24) is 26.2 Å². The molecule has 0 bridgehead atoms. The summed E-state index contributed by atoms with van der Waals surface area (Å²) in [6.07, 6.45) is 2.13. The number of amides is 4. The van der Waals surface area contributed by atoms with Gasteiger partial charge in [-0.3, -0.25) is 28.9 Å². The van der Waals surface area contributed by atoms with Gasteiger partial charge in [0.1, 0.15) is 23.7 Å². The minimum absolute atomic E-state index is 0.00920. The van der Waals surface area contributed by atoms with Crippen LogP contribution in [0.2, 0.25) is 0 Å². The van der Waals surface area contributed by atoms with Crippen LogP contribution in [-0.4, -0.2) is 104 Å². The monoisotopic (exact) mass is 749 g/mol. The summed E-state index contributed by atoms with van der Waals surface area (Å²) in [6.45, 7) is 13.9. The number of morpholine rings is 1. The van der Waals surface area contributed by atoms with Gasteiger partial charge in [-0.1, -0.05) is 95.3 Å². The highest BCUT2D eigenvalue weighted by molar-refractivity contribution is 5.98. The molecule has 4 N–H and O–H groups in total. The van der Waals surface area contributed by atoms with Gasteiger partial charge >= 0.3 is 0 Å². The van der Waals surface area contributed by atoms with Crippen molar-refractivity contribution in [1.29, 1.82) is 0 Å². The van der Waals surface area contributed by atoms with Gasteiger partial charge in [-0.05, 0) is 62.0 Å². The SMILES string of the molecule is CCC(C)(OC)C(=O)[C@H](CC(C)C)NC(=O)[C@H](Cc1ccccc1)NC(=O)[C@H](CC(C)C)NC(=O)[C@H](CCc1ccccc1)NC(=O)CN1CCOCC1. The summed E-state index contributed by atoms with van der Waals surface area (Å²) < 4.78 is 11.0. The smallest absolute Gasteiger partial charge is 0.243 e. The van der Waals surface area contributed by atoms with Gasteiger partial charge in [0, 0.05) is 26.6 Å². The van der Waals surface area contributed by atoms with E-state index in [-0.39, 0.29) is 36.5 Å². The third kappa shape index (κ3) is 14.6. The zero-order chi connectivity index (χ0) is 39.7. The Kier molecular flexibility index (Phi) is 18.3. The van der Waals surface area contributed by atoms with Gasteiger partial charge in [-0.25, -0.2) is 0 Å². The van der Waals surface area contributed by atoms with E-state index in [9.17, 15) is 24.0 Å². The predicted octanol–water partition coefficient (Wildman–Crippen LogP) is 3.61. The molecule has 1 aliphatic heterocycles. The molecule has 1 fully saturated rings. The molecular formula is C42H63N5O7. The number of methoxy groups -OCH3 is 1.